The summed E-state index contributed by atoms with van der Waals surface area (Å²) in [6, 6.07) is 0. The average molecular weight is 203 g/mol. The molecule has 0 radical (unpaired) electrons. The van der Waals surface area contributed by atoms with Gasteiger partial charge in [-0.25, -0.2) is 4.68 Å². The van der Waals surface area contributed by atoms with Crippen LogP contribution in [0.3, 0.4) is 0 Å². The summed E-state index contributed by atoms with van der Waals surface area (Å²) in [5.41, 5.74) is 0. The quantitative estimate of drug-likeness (QED) is 0.702. The molecule has 74 valence electrons. The third-order valence-electron chi connectivity index (χ3n) is 2.10. The first kappa shape index (κ1) is 10.4. The summed E-state index contributed by atoms with van der Waals surface area (Å²) in [5.74, 6) is 1.33. The second-order valence-electron chi connectivity index (χ2n) is 3.35. The molecule has 1 heterocycles. The second kappa shape index (κ2) is 4.56. The Bertz CT molecular complexity index is 258. The van der Waals surface area contributed by atoms with Crippen molar-refractivity contribution >= 4 is 11.6 Å². The van der Waals surface area contributed by atoms with Gasteiger partial charge in [0.1, 0.15) is 0 Å². The minimum absolute atomic E-state index is 0.126. The maximum Gasteiger partial charge on any atom is 0.168 e. The number of aromatic nitrogens is 4. The molecule has 0 N–H and O–H groups in total. The molecule has 0 aromatic carbocycles. The van der Waals surface area contributed by atoms with Crippen LogP contribution in [0.5, 0.6) is 0 Å². The zero-order valence-corrected chi connectivity index (χ0v) is 8.99. The van der Waals surface area contributed by atoms with Gasteiger partial charge in [0.15, 0.2) is 5.82 Å². The summed E-state index contributed by atoms with van der Waals surface area (Å²) in [6.45, 7) is 7.04. The molecular formula is C8H15ClN4. The lowest BCUT2D eigenvalue weighted by molar-refractivity contribution is 0.420. The van der Waals surface area contributed by atoms with Crippen molar-refractivity contribution in [3.8, 4) is 0 Å². The molecule has 0 aliphatic carbocycles. The SMILES string of the molecule is CCC(C)Cn1nnnc1C(C)Cl. The lowest BCUT2D eigenvalue weighted by Gasteiger charge is -2.10. The van der Waals surface area contributed by atoms with Crippen molar-refractivity contribution < 1.29 is 0 Å². The van der Waals surface area contributed by atoms with Crippen LogP contribution in [0, 0.1) is 5.92 Å². The minimum atomic E-state index is -0.126. The Morgan fingerprint density at radius 1 is 1.46 bits per heavy atom. The molecule has 2 unspecified atom stereocenters. The van der Waals surface area contributed by atoms with Gasteiger partial charge in [0.05, 0.1) is 5.38 Å². The van der Waals surface area contributed by atoms with E-state index in [0.717, 1.165) is 18.8 Å². The van der Waals surface area contributed by atoms with E-state index in [4.69, 9.17) is 11.6 Å². The largest absolute Gasteiger partial charge is 0.228 e. The first-order valence-corrected chi connectivity index (χ1v) is 4.99. The van der Waals surface area contributed by atoms with E-state index in [0.29, 0.717) is 5.92 Å². The monoisotopic (exact) mass is 202 g/mol. The van der Waals surface area contributed by atoms with E-state index in [2.05, 4.69) is 29.4 Å². The number of alkyl halides is 1. The molecule has 0 saturated heterocycles. The average Bonchev–Trinajstić information content (AvgIpc) is 2.52. The van der Waals surface area contributed by atoms with Gasteiger partial charge < -0.3 is 0 Å². The van der Waals surface area contributed by atoms with Gasteiger partial charge in [0.25, 0.3) is 0 Å². The molecule has 2 atom stereocenters. The number of halogens is 1. The molecule has 0 fully saturated rings. The molecule has 0 aliphatic heterocycles. The van der Waals surface area contributed by atoms with Crippen molar-refractivity contribution in [3.05, 3.63) is 5.82 Å². The first-order valence-electron chi connectivity index (χ1n) is 4.55. The van der Waals surface area contributed by atoms with Gasteiger partial charge >= 0.3 is 0 Å². The molecule has 13 heavy (non-hydrogen) atoms. The van der Waals surface area contributed by atoms with E-state index in [9.17, 15) is 0 Å². The standard InChI is InChI=1S/C8H15ClN4/c1-4-6(2)5-13-8(7(3)9)10-11-12-13/h6-7H,4-5H2,1-3H3. The summed E-state index contributed by atoms with van der Waals surface area (Å²) < 4.78 is 1.78. The number of tetrazole rings is 1. The molecular weight excluding hydrogens is 188 g/mol. The fraction of sp³-hybridized carbons (Fsp3) is 0.875. The van der Waals surface area contributed by atoms with E-state index in [1.54, 1.807) is 4.68 Å². The van der Waals surface area contributed by atoms with E-state index < -0.39 is 0 Å². The molecule has 0 spiro atoms. The molecule has 1 aromatic rings. The van der Waals surface area contributed by atoms with E-state index in [1.807, 2.05) is 6.92 Å². The number of hydrogen-bond acceptors (Lipinski definition) is 3. The van der Waals surface area contributed by atoms with Crippen LogP contribution in [0.1, 0.15) is 38.4 Å². The fourth-order valence-electron chi connectivity index (χ4n) is 1.05. The summed E-state index contributed by atoms with van der Waals surface area (Å²) in [7, 11) is 0. The van der Waals surface area contributed by atoms with Gasteiger partial charge in [-0.2, -0.15) is 0 Å². The van der Waals surface area contributed by atoms with Crippen LogP contribution >= 0.6 is 11.6 Å². The zero-order chi connectivity index (χ0) is 9.84. The van der Waals surface area contributed by atoms with Crippen LogP contribution in [0.15, 0.2) is 0 Å². The van der Waals surface area contributed by atoms with Gasteiger partial charge in [0.2, 0.25) is 0 Å². The van der Waals surface area contributed by atoms with Crippen LogP contribution in [-0.4, -0.2) is 20.2 Å². The fourth-order valence-corrected chi connectivity index (χ4v) is 1.21. The number of nitrogens with zero attached hydrogens (tertiary/aromatic N) is 4. The molecule has 1 rings (SSSR count). The Labute approximate surface area is 83.3 Å². The topological polar surface area (TPSA) is 43.6 Å². The Balaban J connectivity index is 2.70. The molecule has 4 nitrogen and oxygen atoms in total. The van der Waals surface area contributed by atoms with Crippen molar-refractivity contribution in [1.82, 2.24) is 20.2 Å². The maximum atomic E-state index is 5.91. The van der Waals surface area contributed by atoms with Gasteiger partial charge in [-0.05, 0) is 23.3 Å². The summed E-state index contributed by atoms with van der Waals surface area (Å²) in [6.07, 6.45) is 1.12. The Hall–Kier alpha value is -0.640. The maximum absolute atomic E-state index is 5.91. The summed E-state index contributed by atoms with van der Waals surface area (Å²) in [5, 5.41) is 11.3. The molecule has 0 amide bonds. The van der Waals surface area contributed by atoms with Crippen LogP contribution in [-0.2, 0) is 6.54 Å². The minimum Gasteiger partial charge on any atom is -0.228 e. The molecule has 5 heteroatoms. The van der Waals surface area contributed by atoms with Crippen molar-refractivity contribution in [1.29, 1.82) is 0 Å². The smallest absolute Gasteiger partial charge is 0.168 e. The zero-order valence-electron chi connectivity index (χ0n) is 8.24. The van der Waals surface area contributed by atoms with E-state index in [-0.39, 0.29) is 5.38 Å². The lowest BCUT2D eigenvalue weighted by Crippen LogP contribution is -2.12. The highest BCUT2D eigenvalue weighted by Crippen LogP contribution is 2.16. The van der Waals surface area contributed by atoms with Crippen LogP contribution in [0.4, 0.5) is 0 Å². The molecule has 0 bridgehead atoms. The van der Waals surface area contributed by atoms with E-state index in [1.165, 1.54) is 0 Å². The summed E-state index contributed by atoms with van der Waals surface area (Å²) in [4.78, 5) is 0. The predicted octanol–water partition coefficient (Wildman–Crippen LogP) is 2.02. The predicted molar refractivity (Wildman–Crippen MR) is 51.5 cm³/mol. The van der Waals surface area contributed by atoms with Crippen molar-refractivity contribution in [2.24, 2.45) is 5.92 Å². The number of rotatable bonds is 4. The van der Waals surface area contributed by atoms with Crippen LogP contribution in [0.2, 0.25) is 0 Å². The van der Waals surface area contributed by atoms with Crippen molar-refractivity contribution in [2.45, 2.75) is 39.1 Å². The van der Waals surface area contributed by atoms with Gasteiger partial charge in [-0.1, -0.05) is 20.3 Å². The Kier molecular flexibility index (Phi) is 3.66. The van der Waals surface area contributed by atoms with Crippen molar-refractivity contribution in [2.75, 3.05) is 0 Å². The van der Waals surface area contributed by atoms with Crippen molar-refractivity contribution in [3.63, 3.8) is 0 Å². The highest BCUT2D eigenvalue weighted by molar-refractivity contribution is 6.20. The Morgan fingerprint density at radius 2 is 2.15 bits per heavy atom. The van der Waals surface area contributed by atoms with Gasteiger partial charge in [-0.3, -0.25) is 0 Å². The highest BCUT2D eigenvalue weighted by atomic mass is 35.5. The highest BCUT2D eigenvalue weighted by Gasteiger charge is 2.12. The molecule has 0 saturated carbocycles. The normalized spacial score (nSPS) is 15.7. The van der Waals surface area contributed by atoms with Crippen LogP contribution in [0.25, 0.3) is 0 Å². The third-order valence-corrected chi connectivity index (χ3v) is 2.29. The lowest BCUT2D eigenvalue weighted by atomic mass is 10.1. The van der Waals surface area contributed by atoms with Gasteiger partial charge in [-0.15, -0.1) is 16.7 Å². The van der Waals surface area contributed by atoms with Crippen LogP contribution < -0.4 is 0 Å². The summed E-state index contributed by atoms with van der Waals surface area (Å²) >= 11 is 5.91. The second-order valence-corrected chi connectivity index (χ2v) is 4.00. The Morgan fingerprint density at radius 3 is 2.69 bits per heavy atom. The first-order chi connectivity index (χ1) is 6.15. The molecule has 1 aromatic heterocycles. The third kappa shape index (κ3) is 2.66. The van der Waals surface area contributed by atoms with Gasteiger partial charge in [0, 0.05) is 6.54 Å². The number of hydrogen-bond donors (Lipinski definition) is 0. The molecule has 0 aliphatic rings. The van der Waals surface area contributed by atoms with E-state index >= 15 is 0 Å².